The summed E-state index contributed by atoms with van der Waals surface area (Å²) in [6.07, 6.45) is 2.55. The van der Waals surface area contributed by atoms with E-state index in [2.05, 4.69) is 22.1 Å². The van der Waals surface area contributed by atoms with Crippen LogP contribution in [0.5, 0.6) is 11.5 Å². The first kappa shape index (κ1) is 13.3. The van der Waals surface area contributed by atoms with Crippen LogP contribution in [0.15, 0.2) is 12.3 Å². The molecule has 1 rings (SSSR count). The second-order valence-corrected chi connectivity index (χ2v) is 3.35. The molecule has 0 radical (unpaired) electrons. The van der Waals surface area contributed by atoms with Crippen molar-refractivity contribution in [2.75, 3.05) is 20.8 Å². The highest BCUT2D eigenvalue weighted by Crippen LogP contribution is 2.28. The number of rotatable bonds is 6. The van der Waals surface area contributed by atoms with Gasteiger partial charge >= 0.3 is 0 Å². The number of pyridine rings is 1. The first-order chi connectivity index (χ1) is 8.33. The number of hydrogen-bond acceptors (Lipinski definition) is 4. The van der Waals surface area contributed by atoms with Gasteiger partial charge in [0.1, 0.15) is 0 Å². The molecular formula is C13H18N2O2. The van der Waals surface area contributed by atoms with Gasteiger partial charge in [0.25, 0.3) is 0 Å². The Morgan fingerprint density at radius 3 is 2.82 bits per heavy atom. The van der Waals surface area contributed by atoms with E-state index < -0.39 is 0 Å². The van der Waals surface area contributed by atoms with Crippen LogP contribution < -0.4 is 14.8 Å². The first-order valence-corrected chi connectivity index (χ1v) is 5.49. The third-order valence-electron chi connectivity index (χ3n) is 2.26. The summed E-state index contributed by atoms with van der Waals surface area (Å²) >= 11 is 0. The summed E-state index contributed by atoms with van der Waals surface area (Å²) in [5.74, 6) is 7.24. The van der Waals surface area contributed by atoms with Gasteiger partial charge in [0.05, 0.1) is 19.9 Å². The van der Waals surface area contributed by atoms with Crippen LogP contribution in [0.3, 0.4) is 0 Å². The highest BCUT2D eigenvalue weighted by Gasteiger charge is 2.09. The minimum atomic E-state index is 0.645. The predicted molar refractivity (Wildman–Crippen MR) is 67.1 cm³/mol. The number of nitrogens with one attached hydrogen (secondary N) is 1. The van der Waals surface area contributed by atoms with Gasteiger partial charge in [0.2, 0.25) is 0 Å². The van der Waals surface area contributed by atoms with E-state index in [0.29, 0.717) is 18.0 Å². The molecule has 0 amide bonds. The van der Waals surface area contributed by atoms with E-state index in [0.717, 1.165) is 18.7 Å². The fourth-order valence-electron chi connectivity index (χ4n) is 1.46. The lowest BCUT2D eigenvalue weighted by Crippen LogP contribution is -2.16. The first-order valence-electron chi connectivity index (χ1n) is 5.49. The smallest absolute Gasteiger partial charge is 0.183 e. The lowest BCUT2D eigenvalue weighted by atomic mass is 10.3. The highest BCUT2D eigenvalue weighted by molar-refractivity contribution is 5.42. The molecular weight excluding hydrogens is 216 g/mol. The van der Waals surface area contributed by atoms with Gasteiger partial charge in [-0.05, 0) is 6.92 Å². The van der Waals surface area contributed by atoms with Crippen LogP contribution in [0.1, 0.15) is 19.0 Å². The van der Waals surface area contributed by atoms with E-state index in [9.17, 15) is 0 Å². The molecule has 0 atom stereocenters. The Bertz CT molecular complexity index is 408. The molecule has 0 fully saturated rings. The summed E-state index contributed by atoms with van der Waals surface area (Å²) in [5.41, 5.74) is 0.844. The zero-order valence-corrected chi connectivity index (χ0v) is 10.5. The van der Waals surface area contributed by atoms with Crippen molar-refractivity contribution < 1.29 is 9.47 Å². The number of methoxy groups -OCH3 is 2. The van der Waals surface area contributed by atoms with Crippen LogP contribution in [-0.2, 0) is 6.54 Å². The Kier molecular flexibility index (Phi) is 5.91. The molecule has 0 aliphatic rings. The summed E-state index contributed by atoms with van der Waals surface area (Å²) in [6, 6.07) is 1.78. The Morgan fingerprint density at radius 1 is 1.35 bits per heavy atom. The van der Waals surface area contributed by atoms with E-state index in [1.807, 2.05) is 6.92 Å². The topological polar surface area (TPSA) is 43.4 Å². The van der Waals surface area contributed by atoms with E-state index in [4.69, 9.17) is 9.47 Å². The zero-order valence-electron chi connectivity index (χ0n) is 10.5. The molecule has 0 aromatic carbocycles. The summed E-state index contributed by atoms with van der Waals surface area (Å²) in [6.45, 7) is 3.32. The van der Waals surface area contributed by atoms with Gasteiger partial charge in [-0.3, -0.25) is 4.98 Å². The van der Waals surface area contributed by atoms with Crippen molar-refractivity contribution in [2.45, 2.75) is 19.9 Å². The van der Waals surface area contributed by atoms with E-state index in [1.165, 1.54) is 0 Å². The van der Waals surface area contributed by atoms with Crippen LogP contribution in [0.2, 0.25) is 0 Å². The van der Waals surface area contributed by atoms with E-state index in [1.54, 1.807) is 26.5 Å². The van der Waals surface area contributed by atoms with Gasteiger partial charge in [-0.25, -0.2) is 0 Å². The molecule has 17 heavy (non-hydrogen) atoms. The molecule has 4 heteroatoms. The van der Waals surface area contributed by atoms with E-state index >= 15 is 0 Å². The van der Waals surface area contributed by atoms with Crippen LogP contribution in [0.25, 0.3) is 0 Å². The maximum absolute atomic E-state index is 5.29. The van der Waals surface area contributed by atoms with Gasteiger partial charge in [0.15, 0.2) is 11.5 Å². The molecule has 0 saturated heterocycles. The van der Waals surface area contributed by atoms with Gasteiger partial charge in [-0.1, -0.05) is 0 Å². The minimum absolute atomic E-state index is 0.645. The van der Waals surface area contributed by atoms with Crippen molar-refractivity contribution in [1.29, 1.82) is 0 Å². The van der Waals surface area contributed by atoms with Crippen LogP contribution in [0.4, 0.5) is 0 Å². The molecule has 0 bridgehead atoms. The van der Waals surface area contributed by atoms with Crippen molar-refractivity contribution in [3.63, 3.8) is 0 Å². The highest BCUT2D eigenvalue weighted by atomic mass is 16.5. The Morgan fingerprint density at radius 2 is 2.18 bits per heavy atom. The van der Waals surface area contributed by atoms with Gasteiger partial charge in [-0.15, -0.1) is 11.8 Å². The monoisotopic (exact) mass is 234 g/mol. The third-order valence-corrected chi connectivity index (χ3v) is 2.26. The van der Waals surface area contributed by atoms with Crippen LogP contribution >= 0.6 is 0 Å². The molecule has 92 valence electrons. The van der Waals surface area contributed by atoms with Crippen LogP contribution in [0, 0.1) is 11.8 Å². The molecule has 1 aromatic rings. The largest absolute Gasteiger partial charge is 0.493 e. The molecule has 0 aliphatic heterocycles. The SMILES string of the molecule is CC#CCCNCc1nccc(OC)c1OC. The summed E-state index contributed by atoms with van der Waals surface area (Å²) in [5, 5.41) is 3.26. The zero-order chi connectivity index (χ0) is 12.5. The fourth-order valence-corrected chi connectivity index (χ4v) is 1.46. The molecule has 4 nitrogen and oxygen atoms in total. The lowest BCUT2D eigenvalue weighted by Gasteiger charge is -2.11. The molecule has 1 heterocycles. The summed E-state index contributed by atoms with van der Waals surface area (Å²) in [7, 11) is 3.23. The Hall–Kier alpha value is -1.73. The number of aromatic nitrogens is 1. The quantitative estimate of drug-likeness (QED) is 0.600. The average molecular weight is 234 g/mol. The second-order valence-electron chi connectivity index (χ2n) is 3.35. The lowest BCUT2D eigenvalue weighted by molar-refractivity contribution is 0.348. The van der Waals surface area contributed by atoms with Gasteiger partial charge in [-0.2, -0.15) is 0 Å². The summed E-state index contributed by atoms with van der Waals surface area (Å²) in [4.78, 5) is 4.27. The minimum Gasteiger partial charge on any atom is -0.493 e. The standard InChI is InChI=1S/C13H18N2O2/c1-4-5-6-8-14-10-11-13(17-3)12(16-2)7-9-15-11/h7,9,14H,6,8,10H2,1-3H3. The van der Waals surface area contributed by atoms with Crippen molar-refractivity contribution in [1.82, 2.24) is 10.3 Å². The van der Waals surface area contributed by atoms with Gasteiger partial charge in [0, 0.05) is 31.8 Å². The molecule has 0 saturated carbocycles. The molecule has 0 unspecified atom stereocenters. The number of ether oxygens (including phenoxy) is 2. The third kappa shape index (κ3) is 3.97. The van der Waals surface area contributed by atoms with Gasteiger partial charge < -0.3 is 14.8 Å². The summed E-state index contributed by atoms with van der Waals surface area (Å²) < 4.78 is 10.5. The Balaban J connectivity index is 2.59. The van der Waals surface area contributed by atoms with Crippen LogP contribution in [-0.4, -0.2) is 25.7 Å². The molecule has 1 N–H and O–H groups in total. The molecule has 0 aliphatic carbocycles. The average Bonchev–Trinajstić information content (AvgIpc) is 2.38. The fraction of sp³-hybridized carbons (Fsp3) is 0.462. The predicted octanol–water partition coefficient (Wildman–Crippen LogP) is 1.60. The van der Waals surface area contributed by atoms with Crippen molar-refractivity contribution >= 4 is 0 Å². The van der Waals surface area contributed by atoms with Crippen molar-refractivity contribution in [3.8, 4) is 23.3 Å². The van der Waals surface area contributed by atoms with E-state index in [-0.39, 0.29) is 0 Å². The Labute approximate surface area is 102 Å². The normalized spacial score (nSPS) is 9.35. The second kappa shape index (κ2) is 7.53. The van der Waals surface area contributed by atoms with Crippen molar-refractivity contribution in [2.24, 2.45) is 0 Å². The maximum atomic E-state index is 5.29. The number of hydrogen-bond donors (Lipinski definition) is 1. The molecule has 1 aromatic heterocycles. The molecule has 0 spiro atoms. The van der Waals surface area contributed by atoms with Crippen molar-refractivity contribution in [3.05, 3.63) is 18.0 Å². The maximum Gasteiger partial charge on any atom is 0.183 e. The number of nitrogens with zero attached hydrogens (tertiary/aromatic N) is 1.